The summed E-state index contributed by atoms with van der Waals surface area (Å²) in [6.07, 6.45) is -3.99. The summed E-state index contributed by atoms with van der Waals surface area (Å²) in [4.78, 5) is 42.7. The third-order valence-electron chi connectivity index (χ3n) is 7.14. The number of hydrogen-bond acceptors (Lipinski definition) is 5. The molecule has 232 valence electrons. The van der Waals surface area contributed by atoms with Crippen molar-refractivity contribution in [3.8, 4) is 5.75 Å². The molecule has 1 aliphatic rings. The van der Waals surface area contributed by atoms with Crippen LogP contribution in [0, 0.1) is 5.82 Å². The van der Waals surface area contributed by atoms with Gasteiger partial charge in [-0.3, -0.25) is 14.4 Å². The summed E-state index contributed by atoms with van der Waals surface area (Å²) in [7, 11) is 1.13. The van der Waals surface area contributed by atoms with E-state index in [4.69, 9.17) is 39.5 Å². The molecule has 1 N–H and O–H groups in total. The Morgan fingerprint density at radius 2 is 1.77 bits per heavy atom. The van der Waals surface area contributed by atoms with Crippen molar-refractivity contribution in [2.24, 2.45) is 0 Å². The van der Waals surface area contributed by atoms with E-state index in [0.29, 0.717) is 15.2 Å². The second-order valence-electron chi connectivity index (χ2n) is 10.2. The number of benzene rings is 2. The zero-order chi connectivity index (χ0) is 31.8. The van der Waals surface area contributed by atoms with Gasteiger partial charge < -0.3 is 24.4 Å². The van der Waals surface area contributed by atoms with Crippen molar-refractivity contribution < 1.29 is 31.9 Å². The number of nitrogens with zero attached hydrogens (tertiary/aromatic N) is 3. The van der Waals surface area contributed by atoms with Gasteiger partial charge in [0.15, 0.2) is 5.82 Å². The summed E-state index contributed by atoms with van der Waals surface area (Å²) in [5.41, 5.74) is -1.84. The Bertz CT molecular complexity index is 1620. The molecule has 0 spiro atoms. The molecular formula is C28H27Cl3F4N4O4. The molecule has 1 aliphatic heterocycles. The molecule has 2 amide bonds. The predicted molar refractivity (Wildman–Crippen MR) is 157 cm³/mol. The minimum absolute atomic E-state index is 0.0372. The lowest BCUT2D eigenvalue weighted by Crippen LogP contribution is -2.59. The first kappa shape index (κ1) is 32.7. The number of fused-ring (bicyclic) bond motifs is 1. The standard InChI is InChI=1S/C28H27Cl3F4N4O4/c1-14-10-37(11-15(2)39(14)22(40)8-29)24-20(32)7-21(43-3)25-23(24)26(41)18(12-38(25)13-28(33,34)35)27(42)36-9-16-4-5-17(30)6-19(16)31/h4-7,12,14-15H,8-11,13H2,1-3H3,(H,36,42). The highest BCUT2D eigenvalue weighted by molar-refractivity contribution is 6.35. The van der Waals surface area contributed by atoms with Gasteiger partial charge in [-0.1, -0.05) is 29.3 Å². The number of piperazine rings is 1. The number of amides is 2. The zero-order valence-corrected chi connectivity index (χ0v) is 25.5. The van der Waals surface area contributed by atoms with Crippen molar-refractivity contribution in [3.63, 3.8) is 0 Å². The van der Waals surface area contributed by atoms with Crippen LogP contribution in [0.4, 0.5) is 23.2 Å². The van der Waals surface area contributed by atoms with Gasteiger partial charge in [-0.05, 0) is 31.5 Å². The van der Waals surface area contributed by atoms with E-state index in [9.17, 15) is 27.6 Å². The number of anilines is 1. The second-order valence-corrected chi connectivity index (χ2v) is 11.3. The smallest absolute Gasteiger partial charge is 0.406 e. The van der Waals surface area contributed by atoms with E-state index in [0.717, 1.165) is 19.4 Å². The SMILES string of the molecule is COc1cc(F)c(N2CC(C)N(C(=O)CCl)C(C)C2)c2c(=O)c(C(=O)NCc3ccc(Cl)cc3Cl)cn(CC(F)(F)F)c12. The number of nitrogens with one attached hydrogen (secondary N) is 1. The number of carbonyl (C=O) groups is 2. The average Bonchev–Trinajstić information content (AvgIpc) is 2.91. The Labute approximate surface area is 259 Å². The van der Waals surface area contributed by atoms with Gasteiger partial charge >= 0.3 is 6.18 Å². The zero-order valence-electron chi connectivity index (χ0n) is 23.2. The number of rotatable bonds is 7. The number of aromatic nitrogens is 1. The van der Waals surface area contributed by atoms with E-state index in [1.54, 1.807) is 19.9 Å². The van der Waals surface area contributed by atoms with Crippen LogP contribution < -0.4 is 20.4 Å². The molecule has 4 rings (SSSR count). The second kappa shape index (κ2) is 12.8. The molecule has 1 saturated heterocycles. The van der Waals surface area contributed by atoms with Gasteiger partial charge in [-0.2, -0.15) is 13.2 Å². The molecule has 2 heterocycles. The summed E-state index contributed by atoms with van der Waals surface area (Å²) in [5, 5.41) is 2.61. The molecule has 0 bridgehead atoms. The molecule has 8 nitrogen and oxygen atoms in total. The Hall–Kier alpha value is -3.22. The highest BCUT2D eigenvalue weighted by atomic mass is 35.5. The molecule has 2 atom stereocenters. The molecule has 2 aromatic carbocycles. The fourth-order valence-corrected chi connectivity index (χ4v) is 6.08. The van der Waals surface area contributed by atoms with Gasteiger partial charge in [0.05, 0.1) is 23.7 Å². The van der Waals surface area contributed by atoms with Crippen LogP contribution in [0.2, 0.25) is 10.0 Å². The minimum atomic E-state index is -4.78. The summed E-state index contributed by atoms with van der Waals surface area (Å²) in [6, 6.07) is 4.45. The van der Waals surface area contributed by atoms with Crippen LogP contribution >= 0.6 is 34.8 Å². The van der Waals surface area contributed by atoms with E-state index in [-0.39, 0.29) is 53.4 Å². The maximum atomic E-state index is 15.8. The van der Waals surface area contributed by atoms with Gasteiger partial charge in [0.2, 0.25) is 11.3 Å². The number of methoxy groups -OCH3 is 1. The molecule has 0 radical (unpaired) electrons. The van der Waals surface area contributed by atoms with Gasteiger partial charge in [0, 0.05) is 54.0 Å². The molecular weight excluding hydrogens is 639 g/mol. The largest absolute Gasteiger partial charge is 0.494 e. The molecule has 0 saturated carbocycles. The van der Waals surface area contributed by atoms with Gasteiger partial charge in [-0.25, -0.2) is 4.39 Å². The molecule has 3 aromatic rings. The van der Waals surface area contributed by atoms with Gasteiger partial charge in [-0.15, -0.1) is 11.6 Å². The van der Waals surface area contributed by atoms with Gasteiger partial charge in [0.1, 0.15) is 23.7 Å². The Kier molecular flexibility index (Phi) is 9.72. The number of pyridine rings is 1. The number of alkyl halides is 4. The maximum absolute atomic E-state index is 15.8. The van der Waals surface area contributed by atoms with Gasteiger partial charge in [0.25, 0.3) is 5.91 Å². The van der Waals surface area contributed by atoms with Crippen molar-refractivity contribution in [1.82, 2.24) is 14.8 Å². The molecule has 15 heteroatoms. The van der Waals surface area contributed by atoms with Crippen LogP contribution in [-0.4, -0.2) is 65.6 Å². The minimum Gasteiger partial charge on any atom is -0.494 e. The lowest BCUT2D eigenvalue weighted by molar-refractivity contribution is -0.140. The average molecular weight is 666 g/mol. The highest BCUT2D eigenvalue weighted by Gasteiger charge is 2.36. The van der Waals surface area contributed by atoms with Crippen molar-refractivity contribution in [3.05, 3.63) is 67.7 Å². The van der Waals surface area contributed by atoms with Crippen LogP contribution in [0.25, 0.3) is 10.9 Å². The first-order valence-corrected chi connectivity index (χ1v) is 14.3. The van der Waals surface area contributed by atoms with Crippen LogP contribution in [0.5, 0.6) is 5.75 Å². The summed E-state index contributed by atoms with van der Waals surface area (Å²) in [5.74, 6) is -2.87. The van der Waals surface area contributed by atoms with E-state index >= 15 is 4.39 Å². The molecule has 1 aromatic heterocycles. The number of carbonyl (C=O) groups excluding carboxylic acids is 2. The number of ether oxygens (including phenoxy) is 1. The third-order valence-corrected chi connectivity index (χ3v) is 7.96. The highest BCUT2D eigenvalue weighted by Crippen LogP contribution is 2.38. The lowest BCUT2D eigenvalue weighted by atomic mass is 10.0. The van der Waals surface area contributed by atoms with Crippen LogP contribution in [0.3, 0.4) is 0 Å². The van der Waals surface area contributed by atoms with Crippen molar-refractivity contribution in [2.75, 3.05) is 31.0 Å². The fourth-order valence-electron chi connectivity index (χ4n) is 5.47. The summed E-state index contributed by atoms with van der Waals surface area (Å²) >= 11 is 17.8. The first-order chi connectivity index (χ1) is 20.2. The topological polar surface area (TPSA) is 83.9 Å². The van der Waals surface area contributed by atoms with E-state index in [2.05, 4.69) is 5.32 Å². The van der Waals surface area contributed by atoms with Crippen LogP contribution in [0.1, 0.15) is 29.8 Å². The molecule has 2 unspecified atom stereocenters. The summed E-state index contributed by atoms with van der Waals surface area (Å²) < 4.78 is 63.0. The van der Waals surface area contributed by atoms with Crippen LogP contribution in [0.15, 0.2) is 35.3 Å². The first-order valence-electron chi connectivity index (χ1n) is 13.0. The molecule has 0 aliphatic carbocycles. The molecule has 43 heavy (non-hydrogen) atoms. The van der Waals surface area contributed by atoms with E-state index in [1.807, 2.05) is 0 Å². The van der Waals surface area contributed by atoms with Crippen molar-refractivity contribution in [1.29, 1.82) is 0 Å². The van der Waals surface area contributed by atoms with Crippen LogP contribution in [-0.2, 0) is 17.9 Å². The fraction of sp³-hybridized carbons (Fsp3) is 0.393. The monoisotopic (exact) mass is 664 g/mol. The Balaban J connectivity index is 1.90. The van der Waals surface area contributed by atoms with Crippen molar-refractivity contribution >= 4 is 63.2 Å². The van der Waals surface area contributed by atoms with Crippen molar-refractivity contribution in [2.45, 2.75) is 45.2 Å². The summed E-state index contributed by atoms with van der Waals surface area (Å²) in [6.45, 7) is 1.72. The number of halogens is 7. The predicted octanol–water partition coefficient (Wildman–Crippen LogP) is 5.61. The molecule has 1 fully saturated rings. The Morgan fingerprint density at radius 3 is 2.33 bits per heavy atom. The van der Waals surface area contributed by atoms with E-state index < -0.39 is 52.9 Å². The lowest BCUT2D eigenvalue weighted by Gasteiger charge is -2.45. The Morgan fingerprint density at radius 1 is 1.12 bits per heavy atom. The number of hydrogen-bond donors (Lipinski definition) is 1. The third kappa shape index (κ3) is 6.81. The van der Waals surface area contributed by atoms with E-state index in [1.165, 1.54) is 21.9 Å². The normalized spacial score (nSPS) is 17.3. The maximum Gasteiger partial charge on any atom is 0.406 e. The quantitative estimate of drug-likeness (QED) is 0.262.